The van der Waals surface area contributed by atoms with Gasteiger partial charge in [-0.2, -0.15) is 20.1 Å². The average molecular weight is 469 g/mol. The number of rotatable bonds is 9. The number of carbonyl (C=O) groups excluding carboxylic acids is 3. The van der Waals surface area contributed by atoms with Gasteiger partial charge in [-0.1, -0.05) is 6.07 Å². The highest BCUT2D eigenvalue weighted by molar-refractivity contribution is 8.18. The smallest absolute Gasteiger partial charge is 0.387 e. The van der Waals surface area contributed by atoms with Crippen molar-refractivity contribution < 1.29 is 32.6 Å². The van der Waals surface area contributed by atoms with Crippen LogP contribution in [0.15, 0.2) is 39.9 Å². The second kappa shape index (κ2) is 10.4. The number of alkyl halides is 2. The number of hydrogen-bond acceptors (Lipinski definition) is 7. The van der Waals surface area contributed by atoms with Crippen LogP contribution in [0.2, 0.25) is 0 Å². The van der Waals surface area contributed by atoms with Crippen LogP contribution in [0.3, 0.4) is 0 Å². The van der Waals surface area contributed by atoms with Gasteiger partial charge in [0.15, 0.2) is 11.5 Å². The highest BCUT2D eigenvalue weighted by atomic mass is 32.2. The lowest BCUT2D eigenvalue weighted by Gasteiger charge is -2.13. The maximum Gasteiger partial charge on any atom is 0.387 e. The van der Waals surface area contributed by atoms with E-state index in [0.717, 1.165) is 22.2 Å². The van der Waals surface area contributed by atoms with E-state index in [-0.39, 0.29) is 41.8 Å². The summed E-state index contributed by atoms with van der Waals surface area (Å²) < 4.78 is 34.3. The Labute approximate surface area is 185 Å². The van der Waals surface area contributed by atoms with Crippen molar-refractivity contribution in [3.8, 4) is 11.5 Å². The van der Waals surface area contributed by atoms with E-state index in [4.69, 9.17) is 4.74 Å². The summed E-state index contributed by atoms with van der Waals surface area (Å²) in [5.74, 6) is -0.754. The van der Waals surface area contributed by atoms with Gasteiger partial charge < -0.3 is 14.8 Å². The molecule has 1 N–H and O–H groups in total. The molecule has 31 heavy (non-hydrogen) atoms. The lowest BCUT2D eigenvalue weighted by molar-refractivity contribution is -0.124. The highest BCUT2D eigenvalue weighted by Gasteiger charge is 2.34. The predicted molar refractivity (Wildman–Crippen MR) is 113 cm³/mol. The number of ether oxygens (including phenoxy) is 2. The summed E-state index contributed by atoms with van der Waals surface area (Å²) in [6, 6.07) is 6.05. The van der Waals surface area contributed by atoms with E-state index in [1.54, 1.807) is 0 Å². The molecule has 0 bridgehead atoms. The number of imide groups is 1. The van der Waals surface area contributed by atoms with Gasteiger partial charge in [0, 0.05) is 13.1 Å². The molecule has 7 nitrogen and oxygen atoms in total. The molecular formula is C20H18F2N2O5S2. The Bertz CT molecular complexity index is 995. The average Bonchev–Trinajstić information content (AvgIpc) is 3.32. The maximum absolute atomic E-state index is 12.6. The Morgan fingerprint density at radius 3 is 2.74 bits per heavy atom. The summed E-state index contributed by atoms with van der Waals surface area (Å²) in [5.41, 5.74) is 1.38. The molecule has 0 spiro atoms. The Hall–Kier alpha value is -2.92. The molecule has 3 amide bonds. The molecule has 1 aromatic carbocycles. The van der Waals surface area contributed by atoms with Crippen LogP contribution >= 0.6 is 23.1 Å². The number of benzene rings is 1. The number of thiophene rings is 1. The number of nitrogens with zero attached hydrogens (tertiary/aromatic N) is 1. The fourth-order valence-electron chi connectivity index (χ4n) is 2.76. The van der Waals surface area contributed by atoms with Crippen molar-refractivity contribution in [2.24, 2.45) is 0 Å². The Morgan fingerprint density at radius 1 is 1.26 bits per heavy atom. The number of thioether (sulfide) groups is 1. The number of methoxy groups -OCH3 is 1. The quantitative estimate of drug-likeness (QED) is 0.565. The van der Waals surface area contributed by atoms with Crippen LogP contribution in [0, 0.1) is 0 Å². The number of carbonyl (C=O) groups is 3. The number of hydrogen-bond donors (Lipinski definition) is 1. The second-order valence-corrected chi connectivity index (χ2v) is 8.05. The van der Waals surface area contributed by atoms with Crippen molar-refractivity contribution in [3.63, 3.8) is 0 Å². The zero-order valence-corrected chi connectivity index (χ0v) is 17.9. The van der Waals surface area contributed by atoms with E-state index in [1.165, 1.54) is 42.7 Å². The highest BCUT2D eigenvalue weighted by Crippen LogP contribution is 2.34. The molecule has 0 atom stereocenters. The largest absolute Gasteiger partial charge is 0.493 e. The van der Waals surface area contributed by atoms with Crippen molar-refractivity contribution in [1.29, 1.82) is 0 Å². The van der Waals surface area contributed by atoms with E-state index >= 15 is 0 Å². The van der Waals surface area contributed by atoms with E-state index in [1.807, 2.05) is 16.8 Å². The first kappa shape index (κ1) is 22.8. The van der Waals surface area contributed by atoms with Crippen molar-refractivity contribution in [1.82, 2.24) is 10.2 Å². The summed E-state index contributed by atoms with van der Waals surface area (Å²) in [4.78, 5) is 37.9. The Kier molecular flexibility index (Phi) is 7.64. The number of halogens is 2. The van der Waals surface area contributed by atoms with Crippen LogP contribution in [0.1, 0.15) is 11.1 Å². The van der Waals surface area contributed by atoms with E-state index in [9.17, 15) is 23.2 Å². The van der Waals surface area contributed by atoms with Gasteiger partial charge in [0.25, 0.3) is 11.1 Å². The minimum atomic E-state index is -3.00. The van der Waals surface area contributed by atoms with Crippen LogP contribution in [0.4, 0.5) is 13.6 Å². The summed E-state index contributed by atoms with van der Waals surface area (Å²) in [7, 11) is 1.30. The van der Waals surface area contributed by atoms with Crippen LogP contribution in [0.25, 0.3) is 6.08 Å². The van der Waals surface area contributed by atoms with Gasteiger partial charge in [0.2, 0.25) is 5.91 Å². The third-order valence-electron chi connectivity index (χ3n) is 4.18. The Morgan fingerprint density at radius 2 is 2.06 bits per heavy atom. The van der Waals surface area contributed by atoms with Crippen LogP contribution in [-0.2, 0) is 16.0 Å². The maximum atomic E-state index is 12.6. The molecule has 2 aromatic rings. The minimum Gasteiger partial charge on any atom is -0.493 e. The standard InChI is InChI=1S/C20H18F2N2O5S2/c1-28-15-8-12(2-3-14(15)29-19(21)22)9-16-18(26)24(20(27)31-16)6-5-23-17(25)10-13-4-7-30-11-13/h2-4,7-9,11,19H,5-6,10H2,1H3,(H,23,25)/b16-9-. The van der Waals surface area contributed by atoms with Gasteiger partial charge in [0.05, 0.1) is 18.4 Å². The number of amides is 3. The van der Waals surface area contributed by atoms with Crippen LogP contribution in [-0.4, -0.2) is 48.8 Å². The predicted octanol–water partition coefficient (Wildman–Crippen LogP) is 3.75. The molecule has 1 fully saturated rings. The molecule has 1 aliphatic heterocycles. The Balaban J connectivity index is 1.60. The molecule has 1 saturated heterocycles. The molecule has 0 aliphatic carbocycles. The molecule has 0 saturated carbocycles. The molecular weight excluding hydrogens is 450 g/mol. The van der Waals surface area contributed by atoms with Gasteiger partial charge in [-0.05, 0) is 57.9 Å². The third kappa shape index (κ3) is 6.05. The van der Waals surface area contributed by atoms with E-state index in [0.29, 0.717) is 5.56 Å². The third-order valence-corrected chi connectivity index (χ3v) is 5.82. The lowest BCUT2D eigenvalue weighted by atomic mass is 10.2. The molecule has 0 radical (unpaired) electrons. The van der Waals surface area contributed by atoms with Gasteiger partial charge in [-0.25, -0.2) is 0 Å². The van der Waals surface area contributed by atoms with Gasteiger partial charge >= 0.3 is 6.61 Å². The van der Waals surface area contributed by atoms with Gasteiger partial charge in [-0.3, -0.25) is 19.3 Å². The van der Waals surface area contributed by atoms with Gasteiger partial charge in [-0.15, -0.1) is 0 Å². The molecule has 164 valence electrons. The number of nitrogens with one attached hydrogen (secondary N) is 1. The summed E-state index contributed by atoms with van der Waals surface area (Å²) in [6.07, 6.45) is 1.70. The topological polar surface area (TPSA) is 84.9 Å². The molecule has 1 aliphatic rings. The van der Waals surface area contributed by atoms with Crippen LogP contribution < -0.4 is 14.8 Å². The molecule has 2 heterocycles. The first-order valence-corrected chi connectivity index (χ1v) is 10.8. The second-order valence-electron chi connectivity index (χ2n) is 6.28. The molecule has 11 heteroatoms. The monoisotopic (exact) mass is 468 g/mol. The van der Waals surface area contributed by atoms with Crippen molar-refractivity contribution in [2.75, 3.05) is 20.2 Å². The van der Waals surface area contributed by atoms with Crippen molar-refractivity contribution in [2.45, 2.75) is 13.0 Å². The first-order chi connectivity index (χ1) is 14.9. The summed E-state index contributed by atoms with van der Waals surface area (Å²) in [5, 5.41) is 5.99. The minimum absolute atomic E-state index is 0.0435. The zero-order chi connectivity index (χ0) is 22.4. The van der Waals surface area contributed by atoms with E-state index < -0.39 is 17.8 Å². The first-order valence-electron chi connectivity index (χ1n) is 9.03. The molecule has 3 rings (SSSR count). The van der Waals surface area contributed by atoms with Gasteiger partial charge in [0.1, 0.15) is 0 Å². The van der Waals surface area contributed by atoms with Crippen LogP contribution in [0.5, 0.6) is 11.5 Å². The molecule has 1 aromatic heterocycles. The zero-order valence-electron chi connectivity index (χ0n) is 16.3. The summed E-state index contributed by atoms with van der Waals surface area (Å²) in [6.45, 7) is -2.81. The molecule has 0 unspecified atom stereocenters. The SMILES string of the molecule is COc1cc(/C=C2\SC(=O)N(CCNC(=O)Cc3ccsc3)C2=O)ccc1OC(F)F. The fraction of sp³-hybridized carbons (Fsp3) is 0.250. The van der Waals surface area contributed by atoms with Crippen molar-refractivity contribution >= 4 is 46.2 Å². The van der Waals surface area contributed by atoms with Crippen molar-refractivity contribution in [3.05, 3.63) is 51.1 Å². The fourth-order valence-corrected chi connectivity index (χ4v) is 4.29. The lowest BCUT2D eigenvalue weighted by Crippen LogP contribution is -2.37. The normalized spacial score (nSPS) is 15.1. The van der Waals surface area contributed by atoms with E-state index in [2.05, 4.69) is 10.1 Å². The summed E-state index contributed by atoms with van der Waals surface area (Å²) >= 11 is 2.26.